The first kappa shape index (κ1) is 44.5. The number of rotatable bonds is 18. The first-order valence-electron chi connectivity index (χ1n) is 19.9. The third-order valence-corrected chi connectivity index (χ3v) is 10.2. The van der Waals surface area contributed by atoms with Crippen molar-refractivity contribution in [1.29, 1.82) is 0 Å². The zero-order valence-electron chi connectivity index (χ0n) is 34.2. The van der Waals surface area contributed by atoms with Gasteiger partial charge in [0.15, 0.2) is 0 Å². The van der Waals surface area contributed by atoms with Crippen LogP contribution in [0.2, 0.25) is 0 Å². The molecule has 5 atom stereocenters. The highest BCUT2D eigenvalue weighted by molar-refractivity contribution is 5.91. The van der Waals surface area contributed by atoms with Crippen LogP contribution in [0.1, 0.15) is 118 Å². The Morgan fingerprint density at radius 3 is 2.22 bits per heavy atom. The summed E-state index contributed by atoms with van der Waals surface area (Å²) in [6.07, 6.45) is 8.46. The zero-order valence-corrected chi connectivity index (χ0v) is 34.2. The summed E-state index contributed by atoms with van der Waals surface area (Å²) in [5.41, 5.74) is 0.781. The lowest BCUT2D eigenvalue weighted by atomic mass is 9.81. The molecule has 2 aromatic rings. The molecule has 1 aromatic heterocycles. The minimum absolute atomic E-state index is 0.0344. The average molecular weight is 753 g/mol. The molecular weight excluding hydrogens is 684 g/mol. The van der Waals surface area contributed by atoms with E-state index in [1.807, 2.05) is 44.2 Å². The summed E-state index contributed by atoms with van der Waals surface area (Å²) in [6, 6.07) is 7.05. The molecule has 54 heavy (non-hydrogen) atoms. The number of alkyl carbamates (subject to hydrolysis) is 1. The summed E-state index contributed by atoms with van der Waals surface area (Å²) in [6.45, 7) is 15.9. The molecule has 302 valence electrons. The van der Waals surface area contributed by atoms with Crippen molar-refractivity contribution in [2.45, 2.75) is 149 Å². The molecule has 1 heterocycles. The predicted octanol–water partition coefficient (Wildman–Crippen LogP) is 5.95. The summed E-state index contributed by atoms with van der Waals surface area (Å²) in [5.74, 6) is -1.16. The van der Waals surface area contributed by atoms with E-state index < -0.39 is 53.7 Å². The monoisotopic (exact) mass is 753 g/mol. The summed E-state index contributed by atoms with van der Waals surface area (Å²) in [5, 5.41) is 20.9. The van der Waals surface area contributed by atoms with Crippen molar-refractivity contribution in [3.8, 4) is 0 Å². The molecule has 4 amide bonds. The standard InChI is InChI=1S/C42H68N6O6/c1-28(2)32(37(50)44-26-41(3,4)5)24-36(49)34(22-30-18-14-11-15-19-30)46-38(51)35(23-31-25-43-27-45-31)48(9)39(52)33(47-40(53)54-42(6,7)8)21-20-29-16-12-10-13-17-29/h10,12-13,16-17,25,27-28,30,32-36,49H,11,14-15,18-24,26H2,1-9H3,(H,43,45)(H,44,50)(H,46,51)(H,47,53)/t32-,33-,34-,35-,36-/m0/s1. The van der Waals surface area contributed by atoms with Crippen LogP contribution in [-0.2, 0) is 32.0 Å². The van der Waals surface area contributed by atoms with Gasteiger partial charge in [-0.3, -0.25) is 14.4 Å². The normalized spacial score (nSPS) is 16.8. The molecule has 1 saturated carbocycles. The number of aliphatic hydroxyl groups excluding tert-OH is 1. The van der Waals surface area contributed by atoms with E-state index in [0.29, 0.717) is 31.0 Å². The molecule has 3 rings (SSSR count). The van der Waals surface area contributed by atoms with E-state index in [4.69, 9.17) is 4.74 Å². The molecule has 1 aliphatic rings. The molecule has 5 N–H and O–H groups in total. The van der Waals surface area contributed by atoms with Crippen molar-refractivity contribution in [1.82, 2.24) is 30.8 Å². The van der Waals surface area contributed by atoms with Gasteiger partial charge in [-0.15, -0.1) is 0 Å². The van der Waals surface area contributed by atoms with E-state index in [2.05, 4.69) is 46.7 Å². The second kappa shape index (κ2) is 20.7. The maximum Gasteiger partial charge on any atom is 0.408 e. The number of aromatic amines is 1. The lowest BCUT2D eigenvalue weighted by Crippen LogP contribution is -2.58. The third kappa shape index (κ3) is 15.4. The van der Waals surface area contributed by atoms with E-state index in [0.717, 1.165) is 31.2 Å². The number of carbonyl (C=O) groups excluding carboxylic acids is 4. The number of aromatic nitrogens is 2. The number of H-pyrrole nitrogens is 1. The summed E-state index contributed by atoms with van der Waals surface area (Å²) < 4.78 is 5.52. The Balaban J connectivity index is 1.90. The molecule has 1 fully saturated rings. The van der Waals surface area contributed by atoms with E-state index in [-0.39, 0.29) is 36.5 Å². The van der Waals surface area contributed by atoms with Gasteiger partial charge in [-0.25, -0.2) is 9.78 Å². The first-order valence-corrected chi connectivity index (χ1v) is 19.9. The number of carbonyl (C=O) groups is 4. The van der Waals surface area contributed by atoms with Crippen LogP contribution in [0.5, 0.6) is 0 Å². The van der Waals surface area contributed by atoms with Gasteiger partial charge in [-0.1, -0.05) is 97.1 Å². The summed E-state index contributed by atoms with van der Waals surface area (Å²) in [4.78, 5) is 63.8. The predicted molar refractivity (Wildman–Crippen MR) is 211 cm³/mol. The Kier molecular flexibility index (Phi) is 17.0. The first-order chi connectivity index (χ1) is 25.3. The van der Waals surface area contributed by atoms with E-state index >= 15 is 0 Å². The lowest BCUT2D eigenvalue weighted by Gasteiger charge is -2.35. The zero-order chi connectivity index (χ0) is 40.1. The second-order valence-corrected chi connectivity index (χ2v) is 17.8. The van der Waals surface area contributed by atoms with Crippen LogP contribution in [-0.4, -0.2) is 87.2 Å². The number of ether oxygens (including phenoxy) is 1. The van der Waals surface area contributed by atoms with Gasteiger partial charge >= 0.3 is 6.09 Å². The SMILES string of the molecule is CC(C)[C@H](C[C@H](O)[C@H](CC1CCCCC1)NC(=O)[C@H](Cc1cnc[nH]1)N(C)C(=O)[C@H](CCc1ccccc1)NC(=O)OC(C)(C)C)C(=O)NCC(C)(C)C. The molecule has 0 bridgehead atoms. The van der Waals surface area contributed by atoms with E-state index in [1.165, 1.54) is 17.6 Å². The molecule has 0 aliphatic heterocycles. The molecular formula is C42H68N6O6. The number of aliphatic hydroxyl groups is 1. The number of nitrogens with one attached hydrogen (secondary N) is 4. The molecule has 1 aromatic carbocycles. The number of hydrogen-bond acceptors (Lipinski definition) is 7. The van der Waals surface area contributed by atoms with E-state index in [1.54, 1.807) is 34.0 Å². The molecule has 0 radical (unpaired) electrons. The van der Waals surface area contributed by atoms with Gasteiger partial charge in [0.25, 0.3) is 0 Å². The molecule has 12 heteroatoms. The van der Waals surface area contributed by atoms with Crippen LogP contribution in [0.25, 0.3) is 0 Å². The minimum Gasteiger partial charge on any atom is -0.444 e. The Hall–Kier alpha value is -3.93. The fourth-order valence-corrected chi connectivity index (χ4v) is 7.04. The summed E-state index contributed by atoms with van der Waals surface area (Å²) >= 11 is 0. The number of imidazole rings is 1. The minimum atomic E-state index is -1.00. The van der Waals surface area contributed by atoms with Crippen molar-refractivity contribution in [3.05, 3.63) is 54.1 Å². The van der Waals surface area contributed by atoms with Crippen LogP contribution in [0.3, 0.4) is 0 Å². The Morgan fingerprint density at radius 1 is 0.981 bits per heavy atom. The van der Waals surface area contributed by atoms with Gasteiger partial charge < -0.3 is 35.7 Å². The van der Waals surface area contributed by atoms with Gasteiger partial charge in [0.2, 0.25) is 17.7 Å². The van der Waals surface area contributed by atoms with Gasteiger partial charge in [-0.05, 0) is 69.3 Å². The number of likely N-dealkylation sites (N-methyl/N-ethyl adjacent to an activating group) is 1. The molecule has 1 aliphatic carbocycles. The average Bonchev–Trinajstić information content (AvgIpc) is 3.62. The fourth-order valence-electron chi connectivity index (χ4n) is 7.04. The van der Waals surface area contributed by atoms with Crippen LogP contribution in [0, 0.1) is 23.2 Å². The second-order valence-electron chi connectivity index (χ2n) is 17.8. The van der Waals surface area contributed by atoms with Crippen LogP contribution < -0.4 is 16.0 Å². The Morgan fingerprint density at radius 2 is 1.65 bits per heavy atom. The number of nitrogens with zero attached hydrogens (tertiary/aromatic N) is 2. The van der Waals surface area contributed by atoms with Gasteiger partial charge in [-0.2, -0.15) is 0 Å². The maximum absolute atomic E-state index is 14.5. The van der Waals surface area contributed by atoms with Crippen LogP contribution >= 0.6 is 0 Å². The van der Waals surface area contributed by atoms with E-state index in [9.17, 15) is 24.3 Å². The smallest absolute Gasteiger partial charge is 0.408 e. The highest BCUT2D eigenvalue weighted by Gasteiger charge is 2.37. The van der Waals surface area contributed by atoms with Crippen LogP contribution in [0.15, 0.2) is 42.9 Å². The Labute approximate surface area is 323 Å². The van der Waals surface area contributed by atoms with Crippen molar-refractivity contribution >= 4 is 23.8 Å². The highest BCUT2D eigenvalue weighted by Crippen LogP contribution is 2.30. The largest absolute Gasteiger partial charge is 0.444 e. The van der Waals surface area contributed by atoms with Crippen molar-refractivity contribution < 1.29 is 29.0 Å². The molecule has 0 unspecified atom stereocenters. The number of amides is 4. The number of hydrogen-bond donors (Lipinski definition) is 5. The fraction of sp³-hybridized carbons (Fsp3) is 0.690. The quantitative estimate of drug-likeness (QED) is 0.126. The van der Waals surface area contributed by atoms with Gasteiger partial charge in [0.1, 0.15) is 17.7 Å². The topological polar surface area (TPSA) is 166 Å². The Bertz CT molecular complexity index is 1450. The van der Waals surface area contributed by atoms with Crippen molar-refractivity contribution in [3.63, 3.8) is 0 Å². The summed E-state index contributed by atoms with van der Waals surface area (Å²) in [7, 11) is 1.57. The van der Waals surface area contributed by atoms with Crippen molar-refractivity contribution in [2.24, 2.45) is 23.2 Å². The molecule has 12 nitrogen and oxygen atoms in total. The van der Waals surface area contributed by atoms with Crippen LogP contribution in [0.4, 0.5) is 4.79 Å². The highest BCUT2D eigenvalue weighted by atomic mass is 16.6. The molecule has 0 saturated heterocycles. The number of aryl methyl sites for hydroxylation is 1. The van der Waals surface area contributed by atoms with Gasteiger partial charge in [0, 0.05) is 37.8 Å². The molecule has 0 spiro atoms. The third-order valence-electron chi connectivity index (χ3n) is 10.2. The maximum atomic E-state index is 14.5. The lowest BCUT2D eigenvalue weighted by molar-refractivity contribution is -0.141. The van der Waals surface area contributed by atoms with Crippen molar-refractivity contribution in [2.75, 3.05) is 13.6 Å². The number of benzene rings is 1. The van der Waals surface area contributed by atoms with Gasteiger partial charge in [0.05, 0.1) is 18.5 Å².